The van der Waals surface area contributed by atoms with Gasteiger partial charge in [0.15, 0.2) is 0 Å². The molecule has 2 N–H and O–H groups in total. The quantitative estimate of drug-likeness (QED) is 0.682. The molecule has 2 rings (SSSR count). The lowest BCUT2D eigenvalue weighted by Crippen LogP contribution is -1.65. The topological polar surface area (TPSA) is 36.0 Å². The van der Waals surface area contributed by atoms with Gasteiger partial charge in [-0.1, -0.05) is 0 Å². The molecule has 0 saturated carbocycles. The average molecular weight is 206 g/mol. The molecule has 2 nitrogen and oxygen atoms in total. The number of phenols is 1. The highest BCUT2D eigenvalue weighted by molar-refractivity contribution is 5.85. The zero-order valence-electron chi connectivity index (χ0n) is 6.15. The third-order valence-electron chi connectivity index (χ3n) is 1.54. The molecule has 0 fully saturated rings. The van der Waals surface area contributed by atoms with Gasteiger partial charge in [0.1, 0.15) is 5.75 Å². The van der Waals surface area contributed by atoms with E-state index in [0.717, 1.165) is 10.9 Å². The molecular weight excluding hydrogens is 197 g/mol. The first-order valence-corrected chi connectivity index (χ1v) is 3.12. The van der Waals surface area contributed by atoms with Crippen molar-refractivity contribution in [2.75, 3.05) is 0 Å². The Morgan fingerprint density at radius 1 is 1.08 bits per heavy atom. The molecule has 1 aromatic heterocycles. The van der Waals surface area contributed by atoms with E-state index in [-0.39, 0.29) is 24.8 Å². The van der Waals surface area contributed by atoms with Crippen molar-refractivity contribution in [1.29, 1.82) is 0 Å². The van der Waals surface area contributed by atoms with Crippen LogP contribution in [0.3, 0.4) is 0 Å². The van der Waals surface area contributed by atoms with Crippen molar-refractivity contribution < 1.29 is 5.11 Å². The summed E-state index contributed by atoms with van der Waals surface area (Å²) in [4.78, 5) is 3.04. The van der Waals surface area contributed by atoms with Gasteiger partial charge in [0.25, 0.3) is 0 Å². The molecule has 0 aliphatic rings. The van der Waals surface area contributed by atoms with Crippen molar-refractivity contribution in [2.24, 2.45) is 0 Å². The second-order valence-corrected chi connectivity index (χ2v) is 2.25. The minimum Gasteiger partial charge on any atom is -0.508 e. The summed E-state index contributed by atoms with van der Waals surface area (Å²) in [5.74, 6) is 0.312. The van der Waals surface area contributed by atoms with Crippen LogP contribution in [0.15, 0.2) is 30.5 Å². The highest BCUT2D eigenvalue weighted by Gasteiger charge is 1.92. The van der Waals surface area contributed by atoms with E-state index in [0.29, 0.717) is 5.75 Å². The second kappa shape index (κ2) is 4.24. The van der Waals surface area contributed by atoms with Crippen LogP contribution in [0.4, 0.5) is 0 Å². The van der Waals surface area contributed by atoms with Gasteiger partial charge in [-0.25, -0.2) is 0 Å². The molecule has 0 saturated heterocycles. The Hall–Kier alpha value is -0.860. The fourth-order valence-electron chi connectivity index (χ4n) is 1.04. The maximum atomic E-state index is 9.03. The third kappa shape index (κ3) is 1.84. The fraction of sp³-hybridized carbons (Fsp3) is 0. The lowest BCUT2D eigenvalue weighted by molar-refractivity contribution is 0.476. The molecule has 0 aliphatic carbocycles. The number of aromatic nitrogens is 1. The SMILES string of the molecule is Cl.Cl.Oc1ccc2[nH]ccc2c1. The number of halogens is 2. The Bertz CT molecular complexity index is 359. The van der Waals surface area contributed by atoms with E-state index in [2.05, 4.69) is 4.98 Å². The molecule has 4 heteroatoms. The average Bonchev–Trinajstić information content (AvgIpc) is 2.33. The standard InChI is InChI=1S/C8H7NO.2ClH/c10-7-1-2-8-6(5-7)3-4-9-8;;/h1-5,9-10H;2*1H. The van der Waals surface area contributed by atoms with Crippen LogP contribution < -0.4 is 0 Å². The van der Waals surface area contributed by atoms with Gasteiger partial charge in [-0.05, 0) is 24.3 Å². The summed E-state index contributed by atoms with van der Waals surface area (Å²) in [7, 11) is 0. The highest BCUT2D eigenvalue weighted by Crippen LogP contribution is 2.17. The van der Waals surface area contributed by atoms with E-state index < -0.39 is 0 Å². The zero-order chi connectivity index (χ0) is 6.97. The third-order valence-corrected chi connectivity index (χ3v) is 1.54. The minimum atomic E-state index is 0. The number of nitrogens with one attached hydrogen (secondary N) is 1. The summed E-state index contributed by atoms with van der Waals surface area (Å²) < 4.78 is 0. The van der Waals surface area contributed by atoms with Gasteiger partial charge in [0, 0.05) is 17.1 Å². The van der Waals surface area contributed by atoms with E-state index >= 15 is 0 Å². The van der Waals surface area contributed by atoms with Crippen LogP contribution >= 0.6 is 24.8 Å². The Kier molecular flexibility index (Phi) is 3.93. The highest BCUT2D eigenvalue weighted by atomic mass is 35.5. The van der Waals surface area contributed by atoms with E-state index in [1.165, 1.54) is 0 Å². The Labute approximate surface area is 82.4 Å². The first kappa shape index (κ1) is 11.1. The molecule has 0 bridgehead atoms. The van der Waals surface area contributed by atoms with E-state index in [1.54, 1.807) is 12.1 Å². The Morgan fingerprint density at radius 3 is 2.58 bits per heavy atom. The first-order chi connectivity index (χ1) is 4.86. The Morgan fingerprint density at radius 2 is 1.83 bits per heavy atom. The molecule has 1 aromatic carbocycles. The summed E-state index contributed by atoms with van der Waals surface area (Å²) in [6.45, 7) is 0. The molecule has 0 atom stereocenters. The molecule has 1 heterocycles. The largest absolute Gasteiger partial charge is 0.508 e. The van der Waals surface area contributed by atoms with Crippen LogP contribution in [0.1, 0.15) is 0 Å². The number of phenolic OH excluding ortho intramolecular Hbond substituents is 1. The van der Waals surface area contributed by atoms with Crippen LogP contribution in [-0.2, 0) is 0 Å². The van der Waals surface area contributed by atoms with Gasteiger partial charge in [-0.2, -0.15) is 0 Å². The van der Waals surface area contributed by atoms with Gasteiger partial charge in [-0.3, -0.25) is 0 Å². The Balaban J connectivity index is 0.000000605. The van der Waals surface area contributed by atoms with Crippen LogP contribution in [-0.4, -0.2) is 10.1 Å². The summed E-state index contributed by atoms with van der Waals surface area (Å²) in [5.41, 5.74) is 1.05. The number of fused-ring (bicyclic) bond motifs is 1. The van der Waals surface area contributed by atoms with E-state index in [4.69, 9.17) is 5.11 Å². The number of hydrogen-bond donors (Lipinski definition) is 2. The number of aromatic amines is 1. The summed E-state index contributed by atoms with van der Waals surface area (Å²) >= 11 is 0. The number of benzene rings is 1. The van der Waals surface area contributed by atoms with E-state index in [9.17, 15) is 0 Å². The molecule has 0 spiro atoms. The summed E-state index contributed by atoms with van der Waals surface area (Å²) in [6, 6.07) is 7.17. The number of hydrogen-bond acceptors (Lipinski definition) is 1. The number of rotatable bonds is 0. The molecule has 0 amide bonds. The summed E-state index contributed by atoms with van der Waals surface area (Å²) in [6.07, 6.45) is 1.85. The number of aromatic hydroxyl groups is 1. The predicted molar refractivity (Wildman–Crippen MR) is 54.5 cm³/mol. The lowest BCUT2D eigenvalue weighted by Gasteiger charge is -1.89. The van der Waals surface area contributed by atoms with Crippen LogP contribution in [0.5, 0.6) is 5.75 Å². The van der Waals surface area contributed by atoms with Gasteiger partial charge in [0.2, 0.25) is 0 Å². The maximum absolute atomic E-state index is 9.03. The lowest BCUT2D eigenvalue weighted by atomic mass is 10.2. The van der Waals surface area contributed by atoms with Gasteiger partial charge in [0.05, 0.1) is 0 Å². The van der Waals surface area contributed by atoms with Crippen molar-refractivity contribution in [3.63, 3.8) is 0 Å². The number of H-pyrrole nitrogens is 1. The molecule has 12 heavy (non-hydrogen) atoms. The van der Waals surface area contributed by atoms with Crippen molar-refractivity contribution in [2.45, 2.75) is 0 Å². The smallest absolute Gasteiger partial charge is 0.116 e. The second-order valence-electron chi connectivity index (χ2n) is 2.25. The molecule has 0 radical (unpaired) electrons. The fourth-order valence-corrected chi connectivity index (χ4v) is 1.04. The predicted octanol–water partition coefficient (Wildman–Crippen LogP) is 2.72. The first-order valence-electron chi connectivity index (χ1n) is 3.12. The molecule has 0 unspecified atom stereocenters. The monoisotopic (exact) mass is 205 g/mol. The molecule has 66 valence electrons. The van der Waals surface area contributed by atoms with E-state index in [1.807, 2.05) is 18.3 Å². The van der Waals surface area contributed by atoms with Crippen LogP contribution in [0.25, 0.3) is 10.9 Å². The minimum absolute atomic E-state index is 0. The molecule has 0 aliphatic heterocycles. The molecular formula is C8H9Cl2NO. The van der Waals surface area contributed by atoms with Crippen LogP contribution in [0.2, 0.25) is 0 Å². The van der Waals surface area contributed by atoms with Gasteiger partial charge in [-0.15, -0.1) is 24.8 Å². The zero-order valence-corrected chi connectivity index (χ0v) is 7.78. The van der Waals surface area contributed by atoms with Crippen molar-refractivity contribution in [1.82, 2.24) is 4.98 Å². The van der Waals surface area contributed by atoms with Crippen molar-refractivity contribution >= 4 is 35.7 Å². The van der Waals surface area contributed by atoms with Crippen LogP contribution in [0, 0.1) is 0 Å². The maximum Gasteiger partial charge on any atom is 0.116 e. The van der Waals surface area contributed by atoms with Crippen molar-refractivity contribution in [3.05, 3.63) is 30.5 Å². The normalized spacial score (nSPS) is 8.67. The summed E-state index contributed by atoms with van der Waals surface area (Å²) in [5, 5.41) is 10.1. The molecule has 2 aromatic rings. The van der Waals surface area contributed by atoms with Gasteiger partial charge >= 0.3 is 0 Å². The van der Waals surface area contributed by atoms with Crippen molar-refractivity contribution in [3.8, 4) is 5.75 Å². The van der Waals surface area contributed by atoms with Gasteiger partial charge < -0.3 is 10.1 Å².